The highest BCUT2D eigenvalue weighted by Gasteiger charge is 2.23. The molecule has 1 aromatic carbocycles. The quantitative estimate of drug-likeness (QED) is 0.545. The van der Waals surface area contributed by atoms with Crippen LogP contribution in [-0.2, 0) is 7.05 Å². The summed E-state index contributed by atoms with van der Waals surface area (Å²) in [4.78, 5) is 11.9. The molecular formula is C23H28FN5S. The minimum atomic E-state index is -0.246. The normalized spacial score (nSPS) is 16.9. The van der Waals surface area contributed by atoms with E-state index in [-0.39, 0.29) is 5.82 Å². The number of likely N-dealkylation sites (N-methyl/N-ethyl adjacent to an activating group) is 1. The first-order valence-corrected chi connectivity index (χ1v) is 11.6. The number of imidazole rings is 1. The molecule has 0 radical (unpaired) electrons. The lowest BCUT2D eigenvalue weighted by Crippen LogP contribution is -2.34. The van der Waals surface area contributed by atoms with Crippen LogP contribution in [0.4, 0.5) is 10.2 Å². The van der Waals surface area contributed by atoms with E-state index in [1.54, 1.807) is 23.9 Å². The standard InChI is InChI=1S/C23H28FN5S/c1-4-29-13-5-6-19(29)15-26-20-14-17(11-12-25-20)22-21(27-23(30-3)28(22)2)16-7-9-18(24)10-8-16/h7-12,14,19H,4-6,13,15H2,1-3H3,(H,25,26). The van der Waals surface area contributed by atoms with Gasteiger partial charge in [0, 0.05) is 37.0 Å². The fraction of sp³-hybridized carbons (Fsp3) is 0.391. The summed E-state index contributed by atoms with van der Waals surface area (Å²) in [6, 6.07) is 11.2. The van der Waals surface area contributed by atoms with Crippen molar-refractivity contribution in [1.82, 2.24) is 19.4 Å². The molecule has 0 saturated carbocycles. The fourth-order valence-electron chi connectivity index (χ4n) is 4.24. The first kappa shape index (κ1) is 20.9. The van der Waals surface area contributed by atoms with Gasteiger partial charge in [0.05, 0.1) is 11.4 Å². The SMILES string of the molecule is CCN1CCCC1CNc1cc(-c2c(-c3ccc(F)cc3)nc(SC)n2C)ccn1. The van der Waals surface area contributed by atoms with Crippen molar-refractivity contribution in [1.29, 1.82) is 0 Å². The number of halogens is 1. The maximum Gasteiger partial charge on any atom is 0.168 e. The van der Waals surface area contributed by atoms with Gasteiger partial charge in [-0.2, -0.15) is 0 Å². The third-order valence-corrected chi connectivity index (χ3v) is 6.54. The largest absolute Gasteiger partial charge is 0.368 e. The molecule has 2 aromatic heterocycles. The van der Waals surface area contributed by atoms with Crippen LogP contribution in [0.15, 0.2) is 47.8 Å². The average Bonchev–Trinajstić information content (AvgIpc) is 3.36. The molecule has 1 saturated heterocycles. The molecule has 1 aliphatic heterocycles. The molecule has 1 fully saturated rings. The van der Waals surface area contributed by atoms with Gasteiger partial charge in [-0.15, -0.1) is 0 Å². The third kappa shape index (κ3) is 4.23. The van der Waals surface area contributed by atoms with Gasteiger partial charge in [-0.05, 0) is 68.6 Å². The zero-order valence-corrected chi connectivity index (χ0v) is 18.5. The molecule has 3 aromatic rings. The Morgan fingerprint density at radius 3 is 2.73 bits per heavy atom. The van der Waals surface area contributed by atoms with Gasteiger partial charge >= 0.3 is 0 Å². The van der Waals surface area contributed by atoms with E-state index in [4.69, 9.17) is 4.98 Å². The van der Waals surface area contributed by atoms with E-state index in [2.05, 4.69) is 32.8 Å². The first-order valence-electron chi connectivity index (χ1n) is 10.4. The summed E-state index contributed by atoms with van der Waals surface area (Å²) in [5.74, 6) is 0.622. The highest BCUT2D eigenvalue weighted by atomic mass is 32.2. The lowest BCUT2D eigenvalue weighted by Gasteiger charge is -2.23. The number of thioether (sulfide) groups is 1. The molecular weight excluding hydrogens is 397 g/mol. The van der Waals surface area contributed by atoms with Crippen molar-refractivity contribution in [3.63, 3.8) is 0 Å². The van der Waals surface area contributed by atoms with E-state index >= 15 is 0 Å². The maximum atomic E-state index is 13.4. The van der Waals surface area contributed by atoms with Crippen LogP contribution in [0.5, 0.6) is 0 Å². The van der Waals surface area contributed by atoms with Gasteiger partial charge < -0.3 is 9.88 Å². The monoisotopic (exact) mass is 425 g/mol. The van der Waals surface area contributed by atoms with E-state index in [9.17, 15) is 4.39 Å². The number of benzene rings is 1. The zero-order valence-electron chi connectivity index (χ0n) is 17.7. The van der Waals surface area contributed by atoms with Crippen LogP contribution >= 0.6 is 11.8 Å². The van der Waals surface area contributed by atoms with Crippen molar-refractivity contribution in [2.24, 2.45) is 7.05 Å². The van der Waals surface area contributed by atoms with Crippen molar-refractivity contribution in [3.05, 3.63) is 48.4 Å². The number of nitrogens with one attached hydrogen (secondary N) is 1. The Hall–Kier alpha value is -2.38. The van der Waals surface area contributed by atoms with Gasteiger partial charge in [-0.25, -0.2) is 14.4 Å². The van der Waals surface area contributed by atoms with Crippen LogP contribution in [0, 0.1) is 5.82 Å². The molecule has 0 spiro atoms. The summed E-state index contributed by atoms with van der Waals surface area (Å²) in [5.41, 5.74) is 3.80. The van der Waals surface area contributed by atoms with Gasteiger partial charge in [-0.3, -0.25) is 4.90 Å². The summed E-state index contributed by atoms with van der Waals surface area (Å²) in [6.07, 6.45) is 6.35. The van der Waals surface area contributed by atoms with E-state index in [0.29, 0.717) is 6.04 Å². The summed E-state index contributed by atoms with van der Waals surface area (Å²) < 4.78 is 15.5. The summed E-state index contributed by atoms with van der Waals surface area (Å²) in [7, 11) is 2.02. The van der Waals surface area contributed by atoms with Gasteiger partial charge in [0.25, 0.3) is 0 Å². The van der Waals surface area contributed by atoms with Crippen LogP contribution < -0.4 is 5.32 Å². The minimum absolute atomic E-state index is 0.246. The lowest BCUT2D eigenvalue weighted by atomic mass is 10.1. The Morgan fingerprint density at radius 1 is 1.20 bits per heavy atom. The second-order valence-electron chi connectivity index (χ2n) is 7.60. The van der Waals surface area contributed by atoms with E-state index in [1.807, 2.05) is 25.6 Å². The topological polar surface area (TPSA) is 46.0 Å². The molecule has 5 nitrogen and oxygen atoms in total. The number of pyridine rings is 1. The number of hydrogen-bond donors (Lipinski definition) is 1. The molecule has 30 heavy (non-hydrogen) atoms. The summed E-state index contributed by atoms with van der Waals surface area (Å²) >= 11 is 1.60. The van der Waals surface area contributed by atoms with Crippen molar-refractivity contribution in [2.45, 2.75) is 31.0 Å². The van der Waals surface area contributed by atoms with Gasteiger partial charge in [-0.1, -0.05) is 18.7 Å². The van der Waals surface area contributed by atoms with E-state index in [0.717, 1.165) is 46.6 Å². The Morgan fingerprint density at radius 2 is 2.00 bits per heavy atom. The molecule has 0 amide bonds. The van der Waals surface area contributed by atoms with Crippen molar-refractivity contribution >= 4 is 17.6 Å². The lowest BCUT2D eigenvalue weighted by molar-refractivity contribution is 0.277. The van der Waals surface area contributed by atoms with Gasteiger partial charge in [0.2, 0.25) is 0 Å². The zero-order chi connectivity index (χ0) is 21.1. The number of likely N-dealkylation sites (tertiary alicyclic amines) is 1. The molecule has 1 unspecified atom stereocenters. The number of anilines is 1. The first-order chi connectivity index (χ1) is 14.6. The van der Waals surface area contributed by atoms with E-state index < -0.39 is 0 Å². The highest BCUT2D eigenvalue weighted by Crippen LogP contribution is 2.35. The molecule has 0 bridgehead atoms. The van der Waals surface area contributed by atoms with E-state index in [1.165, 1.54) is 31.5 Å². The second kappa shape index (κ2) is 9.18. The van der Waals surface area contributed by atoms with Crippen molar-refractivity contribution < 1.29 is 4.39 Å². The number of aromatic nitrogens is 3. The maximum absolute atomic E-state index is 13.4. The third-order valence-electron chi connectivity index (χ3n) is 5.81. The number of nitrogens with zero attached hydrogens (tertiary/aromatic N) is 4. The Bertz CT molecular complexity index is 1000. The Labute approximate surface area is 181 Å². The molecule has 1 aliphatic rings. The van der Waals surface area contributed by atoms with Crippen LogP contribution in [0.25, 0.3) is 22.5 Å². The number of hydrogen-bond acceptors (Lipinski definition) is 5. The predicted molar refractivity (Wildman–Crippen MR) is 122 cm³/mol. The summed E-state index contributed by atoms with van der Waals surface area (Å²) in [5, 5.41) is 4.45. The van der Waals surface area contributed by atoms with Crippen LogP contribution in [0.2, 0.25) is 0 Å². The minimum Gasteiger partial charge on any atom is -0.368 e. The fourth-order valence-corrected chi connectivity index (χ4v) is 4.79. The average molecular weight is 426 g/mol. The van der Waals surface area contributed by atoms with Crippen LogP contribution in [0.3, 0.4) is 0 Å². The summed E-state index contributed by atoms with van der Waals surface area (Å²) in [6.45, 7) is 5.40. The van der Waals surface area contributed by atoms with Crippen molar-refractivity contribution in [3.8, 4) is 22.5 Å². The van der Waals surface area contributed by atoms with Crippen LogP contribution in [0.1, 0.15) is 19.8 Å². The molecule has 158 valence electrons. The van der Waals surface area contributed by atoms with Crippen molar-refractivity contribution in [2.75, 3.05) is 31.2 Å². The van der Waals surface area contributed by atoms with Crippen LogP contribution in [-0.4, -0.2) is 51.4 Å². The number of rotatable bonds is 7. The second-order valence-corrected chi connectivity index (χ2v) is 8.37. The molecule has 0 aliphatic carbocycles. The smallest absolute Gasteiger partial charge is 0.168 e. The molecule has 7 heteroatoms. The highest BCUT2D eigenvalue weighted by molar-refractivity contribution is 7.98. The predicted octanol–water partition coefficient (Wildman–Crippen LogP) is 4.91. The molecule has 3 heterocycles. The molecule has 1 atom stereocenters. The van der Waals surface area contributed by atoms with Gasteiger partial charge in [0.1, 0.15) is 11.6 Å². The Kier molecular flexibility index (Phi) is 6.39. The Balaban J connectivity index is 1.64. The van der Waals surface area contributed by atoms with Gasteiger partial charge in [0.15, 0.2) is 5.16 Å². The molecule has 4 rings (SSSR count). The molecule has 1 N–H and O–H groups in total.